The maximum absolute atomic E-state index is 10.3. The first-order chi connectivity index (χ1) is 4.34. The Morgan fingerprint density at radius 2 is 2.00 bits per heavy atom. The molecule has 1 nitrogen and oxygen atoms in total. The van der Waals surface area contributed by atoms with Crippen LogP contribution in [-0.2, 0) is 15.9 Å². The van der Waals surface area contributed by atoms with Crippen LogP contribution in [0.4, 0.5) is 0 Å². The van der Waals surface area contributed by atoms with E-state index in [0.717, 1.165) is 12.8 Å². The van der Waals surface area contributed by atoms with Gasteiger partial charge in [-0.1, -0.05) is 6.42 Å². The molecule has 0 N–H and O–H groups in total. The van der Waals surface area contributed by atoms with E-state index in [-0.39, 0.29) is 10.6 Å². The lowest BCUT2D eigenvalue weighted by atomic mass is 10.00. The summed E-state index contributed by atoms with van der Waals surface area (Å²) in [5, 5.41) is 0.321. The van der Waals surface area contributed by atoms with E-state index in [1.807, 2.05) is 0 Å². The Labute approximate surface area is 64.3 Å². The van der Waals surface area contributed by atoms with E-state index >= 15 is 0 Å². The van der Waals surface area contributed by atoms with Crippen molar-refractivity contribution < 1.29 is 4.21 Å². The van der Waals surface area contributed by atoms with Gasteiger partial charge in [-0.25, -0.2) is 0 Å². The standard InChI is InChI=1S/C6H10ClOS/c7-5-3-1-2-4-6(5)9-8/h5-6H,1-4H2/q+1. The summed E-state index contributed by atoms with van der Waals surface area (Å²) < 4.78 is 10.3. The second-order valence-electron chi connectivity index (χ2n) is 2.44. The molecule has 0 aliphatic heterocycles. The van der Waals surface area contributed by atoms with Crippen molar-refractivity contribution in [2.45, 2.75) is 36.3 Å². The minimum atomic E-state index is 0.140. The SMILES string of the molecule is O=[S+]C1CCCCC1Cl. The minimum Gasteiger partial charge on any atom is -0.117 e. The Hall–Kier alpha value is 0.310. The first-order valence-corrected chi connectivity index (χ1v) is 4.51. The zero-order valence-electron chi connectivity index (χ0n) is 5.18. The van der Waals surface area contributed by atoms with Crippen LogP contribution in [0, 0.1) is 0 Å². The quantitative estimate of drug-likeness (QED) is 0.429. The third kappa shape index (κ3) is 1.87. The molecule has 1 saturated carbocycles. The van der Waals surface area contributed by atoms with E-state index in [4.69, 9.17) is 11.6 Å². The van der Waals surface area contributed by atoms with E-state index in [1.54, 1.807) is 0 Å². The van der Waals surface area contributed by atoms with Gasteiger partial charge in [0.15, 0.2) is 0 Å². The number of hydrogen-bond donors (Lipinski definition) is 0. The molecule has 3 heteroatoms. The van der Waals surface area contributed by atoms with Gasteiger partial charge in [-0.2, -0.15) is 0 Å². The third-order valence-corrected chi connectivity index (χ3v) is 3.23. The molecule has 0 saturated heterocycles. The third-order valence-electron chi connectivity index (χ3n) is 1.75. The van der Waals surface area contributed by atoms with Crippen molar-refractivity contribution in [3.8, 4) is 0 Å². The maximum atomic E-state index is 10.3. The summed E-state index contributed by atoms with van der Waals surface area (Å²) in [6.07, 6.45) is 4.43. The molecular formula is C6H10ClOS+. The van der Waals surface area contributed by atoms with Crippen molar-refractivity contribution in [3.63, 3.8) is 0 Å². The van der Waals surface area contributed by atoms with Crippen LogP contribution >= 0.6 is 11.6 Å². The molecule has 1 rings (SSSR count). The van der Waals surface area contributed by atoms with Crippen LogP contribution in [0.25, 0.3) is 0 Å². The van der Waals surface area contributed by atoms with E-state index in [9.17, 15) is 4.21 Å². The van der Waals surface area contributed by atoms with Gasteiger partial charge in [-0.15, -0.1) is 11.6 Å². The highest BCUT2D eigenvalue weighted by molar-refractivity contribution is 7.66. The van der Waals surface area contributed by atoms with Crippen LogP contribution in [-0.4, -0.2) is 10.6 Å². The Bertz CT molecular complexity index is 107. The Morgan fingerprint density at radius 1 is 1.33 bits per heavy atom. The average molecular weight is 166 g/mol. The van der Waals surface area contributed by atoms with Crippen LogP contribution < -0.4 is 0 Å². The largest absolute Gasteiger partial charge is 0.463 e. The molecule has 9 heavy (non-hydrogen) atoms. The van der Waals surface area contributed by atoms with Crippen molar-refractivity contribution >= 4 is 23.3 Å². The van der Waals surface area contributed by atoms with Gasteiger partial charge < -0.3 is 0 Å². The molecule has 0 aromatic heterocycles. The number of halogens is 1. The Balaban J connectivity index is 2.38. The van der Waals surface area contributed by atoms with Crippen LogP contribution in [0.2, 0.25) is 0 Å². The van der Waals surface area contributed by atoms with Gasteiger partial charge in [0.05, 0.1) is 5.38 Å². The van der Waals surface area contributed by atoms with E-state index in [2.05, 4.69) is 0 Å². The molecule has 0 bridgehead atoms. The molecule has 2 atom stereocenters. The molecule has 0 aromatic rings. The van der Waals surface area contributed by atoms with Crippen LogP contribution in [0.5, 0.6) is 0 Å². The number of alkyl halides is 1. The molecular weight excluding hydrogens is 156 g/mol. The van der Waals surface area contributed by atoms with Crippen molar-refractivity contribution in [1.29, 1.82) is 0 Å². The Kier molecular flexibility index (Phi) is 2.86. The normalized spacial score (nSPS) is 36.1. The molecule has 1 fully saturated rings. The predicted molar refractivity (Wildman–Crippen MR) is 39.9 cm³/mol. The molecule has 2 unspecified atom stereocenters. The molecule has 0 spiro atoms. The van der Waals surface area contributed by atoms with E-state index in [1.165, 1.54) is 12.8 Å². The van der Waals surface area contributed by atoms with Gasteiger partial charge in [0.25, 0.3) is 5.25 Å². The van der Waals surface area contributed by atoms with Gasteiger partial charge in [-0.3, -0.25) is 0 Å². The van der Waals surface area contributed by atoms with Crippen LogP contribution in [0.1, 0.15) is 25.7 Å². The van der Waals surface area contributed by atoms with Crippen molar-refractivity contribution in [1.82, 2.24) is 0 Å². The van der Waals surface area contributed by atoms with E-state index < -0.39 is 0 Å². The lowest BCUT2D eigenvalue weighted by molar-refractivity contribution is 0.508. The summed E-state index contributed by atoms with van der Waals surface area (Å²) in [4.78, 5) is 0. The first kappa shape index (κ1) is 7.42. The minimum absolute atomic E-state index is 0.140. The molecule has 0 amide bonds. The van der Waals surface area contributed by atoms with E-state index in [0.29, 0.717) is 11.7 Å². The zero-order chi connectivity index (χ0) is 6.69. The zero-order valence-corrected chi connectivity index (χ0v) is 6.75. The van der Waals surface area contributed by atoms with Crippen molar-refractivity contribution in [3.05, 3.63) is 0 Å². The fraction of sp³-hybridized carbons (Fsp3) is 1.00. The molecule has 1 aliphatic carbocycles. The highest BCUT2D eigenvalue weighted by atomic mass is 35.5. The predicted octanol–water partition coefficient (Wildman–Crippen LogP) is 1.96. The van der Waals surface area contributed by atoms with Gasteiger partial charge in [0.1, 0.15) is 0 Å². The molecule has 0 aromatic carbocycles. The molecule has 0 radical (unpaired) electrons. The average Bonchev–Trinajstić information content (AvgIpc) is 1.89. The van der Waals surface area contributed by atoms with Crippen LogP contribution in [0.3, 0.4) is 0 Å². The summed E-state index contributed by atoms with van der Waals surface area (Å²) in [5.41, 5.74) is 0. The van der Waals surface area contributed by atoms with Crippen LogP contribution in [0.15, 0.2) is 0 Å². The second kappa shape index (κ2) is 3.47. The van der Waals surface area contributed by atoms with Gasteiger partial charge in [-0.05, 0) is 12.8 Å². The first-order valence-electron chi connectivity index (χ1n) is 3.27. The fourth-order valence-electron chi connectivity index (χ4n) is 1.16. The summed E-state index contributed by atoms with van der Waals surface area (Å²) >= 11 is 6.53. The van der Waals surface area contributed by atoms with Gasteiger partial charge >= 0.3 is 11.7 Å². The monoisotopic (exact) mass is 165 g/mol. The van der Waals surface area contributed by atoms with Gasteiger partial charge in [0.2, 0.25) is 0 Å². The number of rotatable bonds is 1. The fourth-order valence-corrected chi connectivity index (χ4v) is 2.09. The smallest absolute Gasteiger partial charge is 0.117 e. The molecule has 52 valence electrons. The highest BCUT2D eigenvalue weighted by Crippen LogP contribution is 2.23. The maximum Gasteiger partial charge on any atom is 0.463 e. The van der Waals surface area contributed by atoms with Crippen molar-refractivity contribution in [2.75, 3.05) is 0 Å². The topological polar surface area (TPSA) is 17.1 Å². The Morgan fingerprint density at radius 3 is 2.44 bits per heavy atom. The number of hydrogen-bond acceptors (Lipinski definition) is 1. The van der Waals surface area contributed by atoms with Gasteiger partial charge in [0, 0.05) is 10.6 Å². The molecule has 0 heterocycles. The lowest BCUT2D eigenvalue weighted by Gasteiger charge is -2.13. The second-order valence-corrected chi connectivity index (χ2v) is 3.79. The summed E-state index contributed by atoms with van der Waals surface area (Å²) in [6.45, 7) is 0. The highest BCUT2D eigenvalue weighted by Gasteiger charge is 2.33. The summed E-state index contributed by atoms with van der Waals surface area (Å²) in [7, 11) is 0. The molecule has 1 aliphatic rings. The summed E-state index contributed by atoms with van der Waals surface area (Å²) in [6, 6.07) is 0. The lowest BCUT2D eigenvalue weighted by Crippen LogP contribution is -2.23. The van der Waals surface area contributed by atoms with Crippen molar-refractivity contribution in [2.24, 2.45) is 0 Å². The summed E-state index contributed by atoms with van der Waals surface area (Å²) in [5.74, 6) is 0.